The number of unbranched alkanes of at least 4 members (excludes halogenated alkanes) is 2. The zero-order valence-corrected chi connectivity index (χ0v) is 30.5. The van der Waals surface area contributed by atoms with Crippen molar-refractivity contribution in [2.24, 2.45) is 0 Å². The molecule has 270 valence electrons. The Bertz CT molecular complexity index is 1410. The Morgan fingerprint density at radius 3 is 1.12 bits per heavy atom. The van der Waals surface area contributed by atoms with E-state index in [-0.39, 0.29) is 23.9 Å². The van der Waals surface area contributed by atoms with Crippen molar-refractivity contribution in [2.45, 2.75) is 38.8 Å². The minimum absolute atomic E-state index is 0.241. The van der Waals surface area contributed by atoms with Crippen LogP contribution in [0.25, 0.3) is 0 Å². The van der Waals surface area contributed by atoms with E-state index in [1.807, 2.05) is 24.3 Å². The minimum Gasteiger partial charge on any atom is -0.348 e. The van der Waals surface area contributed by atoms with Gasteiger partial charge in [-0.2, -0.15) is 0 Å². The van der Waals surface area contributed by atoms with E-state index >= 15 is 0 Å². The predicted molar refractivity (Wildman–Crippen MR) is 200 cm³/mol. The highest BCUT2D eigenvalue weighted by Gasteiger charge is 2.11. The molecule has 0 heterocycles. The van der Waals surface area contributed by atoms with Gasteiger partial charge in [-0.3, -0.25) is 9.59 Å². The summed E-state index contributed by atoms with van der Waals surface area (Å²) < 4.78 is 1.81. The summed E-state index contributed by atoms with van der Waals surface area (Å²) in [5.41, 5.74) is 3.99. The minimum atomic E-state index is -0.258. The van der Waals surface area contributed by atoms with Gasteiger partial charge >= 0.3 is 12.1 Å². The number of carbonyl (C=O) groups is 4. The van der Waals surface area contributed by atoms with Crippen LogP contribution < -0.4 is 31.9 Å². The smallest absolute Gasteiger partial charge is 0.319 e. The van der Waals surface area contributed by atoms with Crippen LogP contribution in [0.5, 0.6) is 0 Å². The first-order chi connectivity index (χ1) is 23.7. The summed E-state index contributed by atoms with van der Waals surface area (Å²) in [6.45, 7) is 3.99. The van der Waals surface area contributed by atoms with Crippen LogP contribution in [-0.2, 0) is 13.1 Å². The fraction of sp³-hybridized carbons (Fsp3) is 0.421. The Labute approximate surface area is 297 Å². The van der Waals surface area contributed by atoms with E-state index in [0.717, 1.165) is 58.9 Å². The van der Waals surface area contributed by atoms with Gasteiger partial charge in [0.25, 0.3) is 11.8 Å². The lowest BCUT2D eigenvalue weighted by atomic mass is 10.1. The van der Waals surface area contributed by atoms with Crippen LogP contribution >= 0.6 is 0 Å². The van der Waals surface area contributed by atoms with Gasteiger partial charge in [-0.1, -0.05) is 24.3 Å². The van der Waals surface area contributed by atoms with Gasteiger partial charge in [0.05, 0.1) is 55.4 Å². The van der Waals surface area contributed by atoms with E-state index < -0.39 is 0 Å². The second-order valence-electron chi connectivity index (χ2n) is 14.5. The summed E-state index contributed by atoms with van der Waals surface area (Å²) in [5, 5.41) is 17.2. The third-order valence-electron chi connectivity index (χ3n) is 7.82. The summed E-state index contributed by atoms with van der Waals surface area (Å²) in [4.78, 5) is 49.8. The van der Waals surface area contributed by atoms with Crippen LogP contribution in [0, 0.1) is 0 Å². The third-order valence-corrected chi connectivity index (χ3v) is 7.82. The lowest BCUT2D eigenvalue weighted by molar-refractivity contribution is -0.870. The van der Waals surface area contributed by atoms with E-state index in [1.54, 1.807) is 48.5 Å². The number of anilines is 2. The highest BCUT2D eigenvalue weighted by atomic mass is 16.2. The molecule has 0 bridgehead atoms. The number of nitrogens with zero attached hydrogens (tertiary/aromatic N) is 2. The molecular weight excluding hydrogens is 632 g/mol. The first-order valence-corrected chi connectivity index (χ1v) is 17.2. The Morgan fingerprint density at radius 2 is 0.800 bits per heavy atom. The summed E-state index contributed by atoms with van der Waals surface area (Å²) in [5.74, 6) is -0.517. The molecule has 0 unspecified atom stereocenters. The zero-order valence-electron chi connectivity index (χ0n) is 30.5. The lowest BCUT2D eigenvalue weighted by Gasteiger charge is -2.23. The number of rotatable bonds is 18. The first-order valence-electron chi connectivity index (χ1n) is 17.2. The van der Waals surface area contributed by atoms with Gasteiger partial charge in [0.15, 0.2) is 0 Å². The molecule has 6 N–H and O–H groups in total. The van der Waals surface area contributed by atoms with E-state index in [2.05, 4.69) is 74.2 Å². The molecule has 0 fully saturated rings. The van der Waals surface area contributed by atoms with Gasteiger partial charge < -0.3 is 40.9 Å². The molecule has 0 saturated carbocycles. The van der Waals surface area contributed by atoms with Crippen molar-refractivity contribution in [3.63, 3.8) is 0 Å². The largest absolute Gasteiger partial charge is 0.348 e. The second-order valence-corrected chi connectivity index (χ2v) is 14.5. The summed E-state index contributed by atoms with van der Waals surface area (Å²) in [7, 11) is 12.9. The fourth-order valence-corrected chi connectivity index (χ4v) is 4.93. The van der Waals surface area contributed by atoms with Crippen molar-refractivity contribution < 1.29 is 28.1 Å². The summed E-state index contributed by atoms with van der Waals surface area (Å²) in [6.07, 6.45) is 3.93. The Morgan fingerprint density at radius 1 is 0.460 bits per heavy atom. The average Bonchev–Trinajstić information content (AvgIpc) is 3.06. The van der Waals surface area contributed by atoms with Crippen LogP contribution in [0.15, 0.2) is 72.8 Å². The summed E-state index contributed by atoms with van der Waals surface area (Å²) >= 11 is 0. The van der Waals surface area contributed by atoms with Crippen LogP contribution in [0.3, 0.4) is 0 Å². The first kappa shape index (κ1) is 39.5. The van der Waals surface area contributed by atoms with E-state index in [1.165, 1.54) is 0 Å². The SMILES string of the molecule is C[N+](C)(C)CCCCNC(=O)Nc1ccc(CNC(=O)c2ccc(C(=O)NCc3ccc(NC(=O)NCCCC[N+](C)(C)C)cc3)cc2)cc1. The molecule has 0 saturated heterocycles. The predicted octanol–water partition coefficient (Wildman–Crippen LogP) is 4.76. The van der Waals surface area contributed by atoms with Crippen molar-refractivity contribution in [3.8, 4) is 0 Å². The highest BCUT2D eigenvalue weighted by Crippen LogP contribution is 2.12. The number of urea groups is 2. The normalized spacial score (nSPS) is 11.3. The molecule has 3 aromatic carbocycles. The molecule has 0 spiro atoms. The van der Waals surface area contributed by atoms with Crippen LogP contribution in [-0.4, -0.2) is 101 Å². The number of carbonyl (C=O) groups excluding carboxylic acids is 4. The van der Waals surface area contributed by atoms with E-state index in [4.69, 9.17) is 0 Å². The van der Waals surface area contributed by atoms with Gasteiger partial charge in [0, 0.05) is 48.7 Å². The molecule has 3 rings (SSSR count). The molecule has 12 heteroatoms. The molecule has 0 aliphatic heterocycles. The molecule has 6 amide bonds. The molecule has 0 radical (unpaired) electrons. The highest BCUT2D eigenvalue weighted by molar-refractivity contribution is 5.97. The Kier molecular flexibility index (Phi) is 15.2. The summed E-state index contributed by atoms with van der Waals surface area (Å²) in [6, 6.07) is 20.6. The van der Waals surface area contributed by atoms with Crippen molar-refractivity contribution in [2.75, 3.05) is 79.1 Å². The van der Waals surface area contributed by atoms with Crippen molar-refractivity contribution in [3.05, 3.63) is 95.1 Å². The number of nitrogens with one attached hydrogen (secondary N) is 6. The number of hydrogen-bond donors (Lipinski definition) is 6. The molecule has 0 atom stereocenters. The Hall–Kier alpha value is -4.94. The zero-order chi connectivity index (χ0) is 36.6. The standard InChI is InChI=1S/C38H54N8O4/c1-45(2,3)25-9-7-23-39-37(49)43-33-19-11-29(12-20-33)27-41-35(47)31-15-17-32(18-16-31)36(48)42-28-30-13-21-34(22-14-30)44-38(50)40-24-8-10-26-46(4,5)6/h11-22H,7-10,23-28H2,1-6H3,(H4-2,39,40,41,42,43,44,47,48,49,50)/p+2. The molecule has 0 aliphatic rings. The number of hydrogen-bond acceptors (Lipinski definition) is 4. The van der Waals surface area contributed by atoms with E-state index in [9.17, 15) is 19.2 Å². The monoisotopic (exact) mass is 688 g/mol. The molecule has 3 aromatic rings. The van der Waals surface area contributed by atoms with Gasteiger partial charge in [-0.25, -0.2) is 9.59 Å². The van der Waals surface area contributed by atoms with E-state index in [0.29, 0.717) is 48.7 Å². The fourth-order valence-electron chi connectivity index (χ4n) is 4.93. The number of benzene rings is 3. The quantitative estimate of drug-likeness (QED) is 0.0847. The average molecular weight is 689 g/mol. The molecule has 50 heavy (non-hydrogen) atoms. The van der Waals surface area contributed by atoms with Gasteiger partial charge in [-0.05, 0) is 85.3 Å². The second kappa shape index (κ2) is 19.3. The van der Waals surface area contributed by atoms with Crippen LogP contribution in [0.4, 0.5) is 21.0 Å². The maximum Gasteiger partial charge on any atom is 0.319 e. The van der Waals surface area contributed by atoms with Crippen LogP contribution in [0.1, 0.15) is 57.5 Å². The van der Waals surface area contributed by atoms with Gasteiger partial charge in [0.1, 0.15) is 0 Å². The van der Waals surface area contributed by atoms with Crippen molar-refractivity contribution in [1.82, 2.24) is 21.3 Å². The van der Waals surface area contributed by atoms with Crippen LogP contribution in [0.2, 0.25) is 0 Å². The number of amides is 6. The molecular formula is C38H56N8O4+2. The van der Waals surface area contributed by atoms with Crippen molar-refractivity contribution in [1.29, 1.82) is 0 Å². The Balaban J connectivity index is 1.34. The van der Waals surface area contributed by atoms with Crippen molar-refractivity contribution >= 4 is 35.3 Å². The molecule has 0 aromatic heterocycles. The molecule has 12 nitrogen and oxygen atoms in total. The maximum absolute atomic E-state index is 12.7. The lowest BCUT2D eigenvalue weighted by Crippen LogP contribution is -2.36. The molecule has 0 aliphatic carbocycles. The topological polar surface area (TPSA) is 140 Å². The third kappa shape index (κ3) is 16.0. The number of quaternary nitrogens is 2. The maximum atomic E-state index is 12.7. The van der Waals surface area contributed by atoms with Gasteiger partial charge in [-0.15, -0.1) is 0 Å². The van der Waals surface area contributed by atoms with Gasteiger partial charge in [0.2, 0.25) is 0 Å².